The first-order chi connectivity index (χ1) is 12.6. The molecule has 0 saturated carbocycles. The van der Waals surface area contributed by atoms with Crippen molar-refractivity contribution < 1.29 is 0 Å². The lowest BCUT2D eigenvalue weighted by Gasteiger charge is -2.13. The number of aromatic nitrogens is 4. The Balaban J connectivity index is 1.88. The molecule has 0 radical (unpaired) electrons. The van der Waals surface area contributed by atoms with Gasteiger partial charge in [0, 0.05) is 17.3 Å². The molecular weight excluding hydrogens is 388 g/mol. The van der Waals surface area contributed by atoms with Crippen LogP contribution in [0.3, 0.4) is 0 Å². The van der Waals surface area contributed by atoms with Gasteiger partial charge >= 0.3 is 0 Å². The van der Waals surface area contributed by atoms with Crippen LogP contribution < -0.4 is 5.56 Å². The van der Waals surface area contributed by atoms with Gasteiger partial charge in [-0.2, -0.15) is 0 Å². The van der Waals surface area contributed by atoms with Crippen LogP contribution in [0.4, 0.5) is 0 Å². The van der Waals surface area contributed by atoms with Gasteiger partial charge in [0.25, 0.3) is 5.56 Å². The molecule has 4 aromatic rings. The van der Waals surface area contributed by atoms with E-state index >= 15 is 0 Å². The van der Waals surface area contributed by atoms with E-state index in [-0.39, 0.29) is 5.56 Å². The third kappa shape index (κ3) is 3.25. The van der Waals surface area contributed by atoms with Crippen molar-refractivity contribution in [2.45, 2.75) is 17.8 Å². The summed E-state index contributed by atoms with van der Waals surface area (Å²) in [5.74, 6) is 0.492. The molecule has 26 heavy (non-hydrogen) atoms. The lowest BCUT2D eigenvalue weighted by molar-refractivity contribution is 0.818. The Morgan fingerprint density at radius 2 is 2.04 bits per heavy atom. The van der Waals surface area contributed by atoms with Crippen LogP contribution in [-0.4, -0.2) is 19.1 Å². The summed E-state index contributed by atoms with van der Waals surface area (Å²) in [5.41, 5.74) is 3.14. The van der Waals surface area contributed by atoms with E-state index < -0.39 is 0 Å². The van der Waals surface area contributed by atoms with Crippen LogP contribution >= 0.6 is 34.9 Å². The summed E-state index contributed by atoms with van der Waals surface area (Å²) in [6, 6.07) is 15.2. The van der Waals surface area contributed by atoms with Crippen molar-refractivity contribution in [1.29, 1.82) is 0 Å². The molecular formula is C18H13ClN4OS2. The molecule has 0 fully saturated rings. The molecule has 0 bridgehead atoms. The van der Waals surface area contributed by atoms with E-state index in [1.54, 1.807) is 10.6 Å². The van der Waals surface area contributed by atoms with Crippen LogP contribution in [-0.2, 0) is 5.75 Å². The SMILES string of the molecule is Cc1cccc(-n2c(SCc3nnsc3Cl)nc3ccccc3c2=O)c1. The number of hydrogen-bond acceptors (Lipinski definition) is 6. The highest BCUT2D eigenvalue weighted by Gasteiger charge is 2.15. The van der Waals surface area contributed by atoms with E-state index in [1.165, 1.54) is 11.8 Å². The average Bonchev–Trinajstić information content (AvgIpc) is 3.05. The minimum absolute atomic E-state index is 0.0915. The Morgan fingerprint density at radius 3 is 2.81 bits per heavy atom. The number of nitrogens with zero attached hydrogens (tertiary/aromatic N) is 4. The van der Waals surface area contributed by atoms with Gasteiger partial charge < -0.3 is 0 Å². The van der Waals surface area contributed by atoms with Gasteiger partial charge in [0.05, 0.1) is 16.6 Å². The van der Waals surface area contributed by atoms with Crippen LogP contribution in [0.5, 0.6) is 0 Å². The fraction of sp³-hybridized carbons (Fsp3) is 0.111. The van der Waals surface area contributed by atoms with Crippen LogP contribution in [0.25, 0.3) is 16.6 Å². The summed E-state index contributed by atoms with van der Waals surface area (Å²) in [6.45, 7) is 2.00. The molecule has 0 unspecified atom stereocenters. The molecule has 0 amide bonds. The number of benzene rings is 2. The lowest BCUT2D eigenvalue weighted by Crippen LogP contribution is -2.21. The number of aryl methyl sites for hydroxylation is 1. The molecule has 0 N–H and O–H groups in total. The second-order valence-corrected chi connectivity index (χ2v) is 7.97. The molecule has 2 aromatic heterocycles. The summed E-state index contributed by atoms with van der Waals surface area (Å²) in [4.78, 5) is 17.9. The van der Waals surface area contributed by atoms with Crippen molar-refractivity contribution in [2.24, 2.45) is 0 Å². The van der Waals surface area contributed by atoms with E-state index in [0.29, 0.717) is 31.8 Å². The lowest BCUT2D eigenvalue weighted by atomic mass is 10.2. The molecule has 8 heteroatoms. The molecule has 0 aliphatic carbocycles. The molecule has 0 aliphatic heterocycles. The Labute approximate surface area is 162 Å². The molecule has 2 aromatic carbocycles. The van der Waals surface area contributed by atoms with Crippen LogP contribution in [0.1, 0.15) is 11.3 Å². The van der Waals surface area contributed by atoms with Gasteiger partial charge in [-0.05, 0) is 36.8 Å². The number of fused-ring (bicyclic) bond motifs is 1. The molecule has 0 saturated heterocycles. The second kappa shape index (κ2) is 7.19. The predicted molar refractivity (Wildman–Crippen MR) is 107 cm³/mol. The van der Waals surface area contributed by atoms with Crippen molar-refractivity contribution in [3.8, 4) is 5.69 Å². The monoisotopic (exact) mass is 400 g/mol. The van der Waals surface area contributed by atoms with Crippen LogP contribution in [0.15, 0.2) is 58.5 Å². The quantitative estimate of drug-likeness (QED) is 0.373. The summed E-state index contributed by atoms with van der Waals surface area (Å²) in [7, 11) is 0. The van der Waals surface area contributed by atoms with E-state index in [0.717, 1.165) is 22.8 Å². The summed E-state index contributed by atoms with van der Waals surface area (Å²) in [6.07, 6.45) is 0. The van der Waals surface area contributed by atoms with Gasteiger partial charge in [0.1, 0.15) is 10.0 Å². The first kappa shape index (κ1) is 17.2. The molecule has 130 valence electrons. The average molecular weight is 401 g/mol. The smallest absolute Gasteiger partial charge is 0.266 e. The molecule has 5 nitrogen and oxygen atoms in total. The van der Waals surface area contributed by atoms with Crippen molar-refractivity contribution in [1.82, 2.24) is 19.1 Å². The summed E-state index contributed by atoms with van der Waals surface area (Å²) in [5, 5.41) is 5.22. The Kier molecular flexibility index (Phi) is 4.76. The molecule has 2 heterocycles. The Hall–Kier alpha value is -2.22. The fourth-order valence-corrected chi connectivity index (χ4v) is 4.37. The highest BCUT2D eigenvalue weighted by atomic mass is 35.5. The van der Waals surface area contributed by atoms with Crippen LogP contribution in [0.2, 0.25) is 4.34 Å². The molecule has 0 spiro atoms. The van der Waals surface area contributed by atoms with Gasteiger partial charge in [-0.3, -0.25) is 9.36 Å². The van der Waals surface area contributed by atoms with E-state index in [2.05, 4.69) is 9.59 Å². The van der Waals surface area contributed by atoms with Crippen molar-refractivity contribution in [3.05, 3.63) is 74.5 Å². The maximum absolute atomic E-state index is 13.1. The van der Waals surface area contributed by atoms with E-state index in [4.69, 9.17) is 16.6 Å². The Bertz CT molecular complexity index is 1160. The van der Waals surface area contributed by atoms with Crippen LogP contribution in [0, 0.1) is 6.92 Å². The van der Waals surface area contributed by atoms with Crippen molar-refractivity contribution >= 4 is 45.8 Å². The molecule has 0 aliphatic rings. The van der Waals surface area contributed by atoms with E-state index in [9.17, 15) is 4.79 Å². The minimum Gasteiger partial charge on any atom is -0.268 e. The maximum atomic E-state index is 13.1. The topological polar surface area (TPSA) is 60.7 Å². The van der Waals surface area contributed by atoms with Crippen molar-refractivity contribution in [3.63, 3.8) is 0 Å². The van der Waals surface area contributed by atoms with Gasteiger partial charge in [-0.25, -0.2) is 4.98 Å². The van der Waals surface area contributed by atoms with Gasteiger partial charge in [0.2, 0.25) is 0 Å². The maximum Gasteiger partial charge on any atom is 0.266 e. The minimum atomic E-state index is -0.0915. The van der Waals surface area contributed by atoms with Gasteiger partial charge in [-0.15, -0.1) is 5.10 Å². The normalized spacial score (nSPS) is 11.2. The van der Waals surface area contributed by atoms with E-state index in [1.807, 2.05) is 49.4 Å². The zero-order valence-corrected chi connectivity index (χ0v) is 16.1. The first-order valence-corrected chi connectivity index (χ1v) is 9.95. The largest absolute Gasteiger partial charge is 0.268 e. The highest BCUT2D eigenvalue weighted by Crippen LogP contribution is 2.28. The Morgan fingerprint density at radius 1 is 1.19 bits per heavy atom. The summed E-state index contributed by atoms with van der Waals surface area (Å²) < 4.78 is 6.06. The number of halogens is 1. The predicted octanol–water partition coefficient (Wildman–Crippen LogP) is 4.49. The highest BCUT2D eigenvalue weighted by molar-refractivity contribution is 7.98. The number of para-hydroxylation sites is 1. The third-order valence-electron chi connectivity index (χ3n) is 3.85. The number of thioether (sulfide) groups is 1. The fourth-order valence-electron chi connectivity index (χ4n) is 2.62. The van der Waals surface area contributed by atoms with Crippen molar-refractivity contribution in [2.75, 3.05) is 0 Å². The zero-order chi connectivity index (χ0) is 18.1. The third-order valence-corrected chi connectivity index (χ3v) is 5.79. The van der Waals surface area contributed by atoms with Gasteiger partial charge in [-0.1, -0.05) is 52.1 Å². The summed E-state index contributed by atoms with van der Waals surface area (Å²) >= 11 is 8.67. The zero-order valence-electron chi connectivity index (χ0n) is 13.7. The second-order valence-electron chi connectivity index (χ2n) is 5.67. The number of hydrogen-bond donors (Lipinski definition) is 0. The molecule has 0 atom stereocenters. The standard InChI is InChI=1S/C18H13ClN4OS2/c1-11-5-4-6-12(9-11)23-17(24)13-7-2-3-8-14(13)20-18(23)25-10-15-16(19)26-22-21-15/h2-9H,10H2,1H3. The van der Waals surface area contributed by atoms with Gasteiger partial charge in [0.15, 0.2) is 5.16 Å². The molecule has 4 rings (SSSR count). The first-order valence-electron chi connectivity index (χ1n) is 7.82. The number of rotatable bonds is 4.